The van der Waals surface area contributed by atoms with Gasteiger partial charge in [0, 0.05) is 23.3 Å². The van der Waals surface area contributed by atoms with Crippen molar-refractivity contribution in [3.8, 4) is 0 Å². The summed E-state index contributed by atoms with van der Waals surface area (Å²) < 4.78 is 0. The molecule has 0 aliphatic carbocycles. The first-order valence-corrected chi connectivity index (χ1v) is 7.79. The highest BCUT2D eigenvalue weighted by atomic mass is 35.5. The molecule has 110 valence electrons. The van der Waals surface area contributed by atoms with E-state index < -0.39 is 0 Å². The summed E-state index contributed by atoms with van der Waals surface area (Å²) in [6.07, 6.45) is 4.54. The number of hydrogen-bond donors (Lipinski definition) is 1. The van der Waals surface area contributed by atoms with Gasteiger partial charge in [0.1, 0.15) is 0 Å². The first-order chi connectivity index (χ1) is 9.61. The summed E-state index contributed by atoms with van der Waals surface area (Å²) in [4.78, 5) is 14.4. The minimum Gasteiger partial charge on any atom is -0.376 e. The van der Waals surface area contributed by atoms with Crippen LogP contribution in [0.5, 0.6) is 0 Å². The zero-order chi connectivity index (χ0) is 14.5. The average molecular weight is 295 g/mol. The molecular formula is C16H23ClN2O. The van der Waals surface area contributed by atoms with Gasteiger partial charge in [0.05, 0.1) is 6.54 Å². The number of benzene rings is 1. The summed E-state index contributed by atoms with van der Waals surface area (Å²) in [7, 11) is 0. The van der Waals surface area contributed by atoms with Crippen molar-refractivity contribution in [3.05, 3.63) is 28.8 Å². The van der Waals surface area contributed by atoms with E-state index in [0.717, 1.165) is 42.1 Å². The number of halogens is 1. The predicted molar refractivity (Wildman–Crippen MR) is 84.3 cm³/mol. The Morgan fingerprint density at radius 3 is 2.95 bits per heavy atom. The van der Waals surface area contributed by atoms with E-state index in [9.17, 15) is 4.79 Å². The molecule has 1 aliphatic rings. The van der Waals surface area contributed by atoms with Crippen LogP contribution in [-0.4, -0.2) is 29.9 Å². The first-order valence-electron chi connectivity index (χ1n) is 7.41. The van der Waals surface area contributed by atoms with Gasteiger partial charge in [-0.15, -0.1) is 0 Å². The van der Waals surface area contributed by atoms with Gasteiger partial charge in [-0.2, -0.15) is 0 Å². The molecule has 2 rings (SSSR count). The predicted octanol–water partition coefficient (Wildman–Crippen LogP) is 3.85. The second kappa shape index (κ2) is 6.98. The van der Waals surface area contributed by atoms with Gasteiger partial charge in [0.25, 0.3) is 0 Å². The van der Waals surface area contributed by atoms with Crippen molar-refractivity contribution in [2.24, 2.45) is 0 Å². The van der Waals surface area contributed by atoms with Crippen LogP contribution in [0.15, 0.2) is 18.2 Å². The highest BCUT2D eigenvalue weighted by Crippen LogP contribution is 2.21. The second-order valence-corrected chi connectivity index (χ2v) is 5.87. The molecule has 0 spiro atoms. The van der Waals surface area contributed by atoms with Crippen LogP contribution in [0.3, 0.4) is 0 Å². The third kappa shape index (κ3) is 3.66. The molecule has 3 nitrogen and oxygen atoms in total. The number of piperidine rings is 1. The molecule has 0 radical (unpaired) electrons. The molecule has 1 atom stereocenters. The van der Waals surface area contributed by atoms with Gasteiger partial charge in [0.15, 0.2) is 0 Å². The van der Waals surface area contributed by atoms with Gasteiger partial charge in [0.2, 0.25) is 5.91 Å². The maximum absolute atomic E-state index is 12.3. The average Bonchev–Trinajstić information content (AvgIpc) is 2.48. The quantitative estimate of drug-likeness (QED) is 0.915. The molecule has 1 aromatic rings. The Hall–Kier alpha value is -1.22. The molecule has 1 N–H and O–H groups in total. The number of likely N-dealkylation sites (tertiary alicyclic amines) is 1. The molecule has 1 aliphatic heterocycles. The molecule has 0 saturated carbocycles. The number of nitrogens with zero attached hydrogens (tertiary/aromatic N) is 1. The van der Waals surface area contributed by atoms with E-state index in [1.807, 2.05) is 30.0 Å². The van der Waals surface area contributed by atoms with Crippen LogP contribution < -0.4 is 5.32 Å². The largest absolute Gasteiger partial charge is 0.376 e. The van der Waals surface area contributed by atoms with E-state index in [-0.39, 0.29) is 5.91 Å². The Kier molecular flexibility index (Phi) is 5.30. The number of anilines is 1. The zero-order valence-electron chi connectivity index (χ0n) is 12.3. The minimum atomic E-state index is 0.188. The molecule has 1 heterocycles. The van der Waals surface area contributed by atoms with Gasteiger partial charge in [-0.05, 0) is 50.3 Å². The number of hydrogen-bond acceptors (Lipinski definition) is 2. The summed E-state index contributed by atoms with van der Waals surface area (Å²) in [5.74, 6) is 0.188. The fraction of sp³-hybridized carbons (Fsp3) is 0.562. The van der Waals surface area contributed by atoms with Crippen LogP contribution in [0.4, 0.5) is 5.69 Å². The Bertz CT molecular complexity index is 476. The van der Waals surface area contributed by atoms with Crippen molar-refractivity contribution in [1.29, 1.82) is 0 Å². The van der Waals surface area contributed by atoms with Crippen LogP contribution in [0.1, 0.15) is 38.2 Å². The molecule has 1 aromatic carbocycles. The molecule has 1 fully saturated rings. The monoisotopic (exact) mass is 294 g/mol. The summed E-state index contributed by atoms with van der Waals surface area (Å²) in [6.45, 7) is 5.36. The van der Waals surface area contributed by atoms with E-state index in [1.165, 1.54) is 6.42 Å². The molecule has 20 heavy (non-hydrogen) atoms. The fourth-order valence-corrected chi connectivity index (χ4v) is 2.92. The number of aryl methyl sites for hydroxylation is 1. The topological polar surface area (TPSA) is 32.3 Å². The van der Waals surface area contributed by atoms with Crippen molar-refractivity contribution < 1.29 is 4.79 Å². The number of nitrogens with one attached hydrogen (secondary N) is 1. The van der Waals surface area contributed by atoms with E-state index in [0.29, 0.717) is 12.6 Å². The van der Waals surface area contributed by atoms with Crippen LogP contribution in [-0.2, 0) is 4.79 Å². The lowest BCUT2D eigenvalue weighted by atomic mass is 10.00. The summed E-state index contributed by atoms with van der Waals surface area (Å²) in [6, 6.07) is 6.21. The number of rotatable bonds is 4. The number of amides is 1. The molecule has 4 heteroatoms. The van der Waals surface area contributed by atoms with Crippen LogP contribution >= 0.6 is 11.6 Å². The lowest BCUT2D eigenvalue weighted by molar-refractivity contribution is -0.133. The lowest BCUT2D eigenvalue weighted by Crippen LogP contribution is -2.45. The lowest BCUT2D eigenvalue weighted by Gasteiger charge is -2.35. The van der Waals surface area contributed by atoms with Crippen LogP contribution in [0, 0.1) is 6.92 Å². The maximum Gasteiger partial charge on any atom is 0.242 e. The van der Waals surface area contributed by atoms with Crippen molar-refractivity contribution in [2.75, 3.05) is 18.4 Å². The summed E-state index contributed by atoms with van der Waals surface area (Å²) in [5, 5.41) is 3.91. The molecule has 0 aromatic heterocycles. The minimum absolute atomic E-state index is 0.188. The van der Waals surface area contributed by atoms with Gasteiger partial charge < -0.3 is 10.2 Å². The van der Waals surface area contributed by atoms with E-state index in [2.05, 4.69) is 12.2 Å². The first kappa shape index (κ1) is 15.2. The van der Waals surface area contributed by atoms with Gasteiger partial charge >= 0.3 is 0 Å². The maximum atomic E-state index is 12.3. The number of carbonyl (C=O) groups excluding carboxylic acids is 1. The standard InChI is InChI=1S/C16H23ClN2O/c1-3-14-6-4-5-9-19(14)16(20)11-18-13-8-7-12(2)15(17)10-13/h7-8,10,14,18H,3-6,9,11H2,1-2H3. The summed E-state index contributed by atoms with van der Waals surface area (Å²) in [5.41, 5.74) is 1.95. The fourth-order valence-electron chi connectivity index (χ4n) is 2.74. The Balaban J connectivity index is 1.92. The molecule has 1 amide bonds. The van der Waals surface area contributed by atoms with Crippen molar-refractivity contribution >= 4 is 23.2 Å². The van der Waals surface area contributed by atoms with Crippen molar-refractivity contribution in [2.45, 2.75) is 45.6 Å². The third-order valence-electron chi connectivity index (χ3n) is 4.03. The van der Waals surface area contributed by atoms with E-state index in [1.54, 1.807) is 0 Å². The van der Waals surface area contributed by atoms with E-state index >= 15 is 0 Å². The second-order valence-electron chi connectivity index (χ2n) is 5.46. The van der Waals surface area contributed by atoms with Gasteiger partial charge in [-0.3, -0.25) is 4.79 Å². The highest BCUT2D eigenvalue weighted by molar-refractivity contribution is 6.31. The normalized spacial score (nSPS) is 18.9. The molecular weight excluding hydrogens is 272 g/mol. The Morgan fingerprint density at radius 1 is 1.45 bits per heavy atom. The van der Waals surface area contributed by atoms with Gasteiger partial charge in [-0.1, -0.05) is 24.6 Å². The SMILES string of the molecule is CCC1CCCCN1C(=O)CNc1ccc(C)c(Cl)c1. The van der Waals surface area contributed by atoms with Crippen LogP contribution in [0.2, 0.25) is 5.02 Å². The summed E-state index contributed by atoms with van der Waals surface area (Å²) >= 11 is 6.09. The van der Waals surface area contributed by atoms with Crippen LogP contribution in [0.25, 0.3) is 0 Å². The molecule has 0 bridgehead atoms. The van der Waals surface area contributed by atoms with Crippen molar-refractivity contribution in [1.82, 2.24) is 4.90 Å². The third-order valence-corrected chi connectivity index (χ3v) is 4.44. The molecule has 1 unspecified atom stereocenters. The smallest absolute Gasteiger partial charge is 0.242 e. The zero-order valence-corrected chi connectivity index (χ0v) is 13.0. The Morgan fingerprint density at radius 2 is 2.25 bits per heavy atom. The van der Waals surface area contributed by atoms with Crippen molar-refractivity contribution in [3.63, 3.8) is 0 Å². The van der Waals surface area contributed by atoms with E-state index in [4.69, 9.17) is 11.6 Å². The molecule has 1 saturated heterocycles. The highest BCUT2D eigenvalue weighted by Gasteiger charge is 2.24. The number of carbonyl (C=O) groups is 1. The van der Waals surface area contributed by atoms with Gasteiger partial charge in [-0.25, -0.2) is 0 Å². The Labute approximate surface area is 126 Å².